The van der Waals surface area contributed by atoms with Crippen molar-refractivity contribution in [2.75, 3.05) is 11.9 Å². The van der Waals surface area contributed by atoms with Crippen LogP contribution in [0.5, 0.6) is 0 Å². The van der Waals surface area contributed by atoms with Crippen LogP contribution in [0.25, 0.3) is 22.3 Å². The van der Waals surface area contributed by atoms with Gasteiger partial charge in [-0.3, -0.25) is 4.79 Å². The van der Waals surface area contributed by atoms with Gasteiger partial charge in [0.05, 0.1) is 11.4 Å². The Morgan fingerprint density at radius 3 is 2.63 bits per heavy atom. The number of benzene rings is 1. The number of carbonyl (C=O) groups is 1. The smallest absolute Gasteiger partial charge is 0.227 e. The van der Waals surface area contributed by atoms with Gasteiger partial charge in [-0.1, -0.05) is 45.1 Å². The van der Waals surface area contributed by atoms with Gasteiger partial charge in [0, 0.05) is 37.7 Å². The van der Waals surface area contributed by atoms with Crippen LogP contribution in [0.3, 0.4) is 0 Å². The van der Waals surface area contributed by atoms with Crippen molar-refractivity contribution >= 4 is 30.7 Å². The van der Waals surface area contributed by atoms with Gasteiger partial charge in [-0.25, -0.2) is 9.37 Å². The number of nitrogens with zero attached hydrogens (tertiary/aromatic N) is 2. The number of hydrogen-bond acceptors (Lipinski definition) is 3. The van der Waals surface area contributed by atoms with E-state index in [9.17, 15) is 9.18 Å². The summed E-state index contributed by atoms with van der Waals surface area (Å²) in [5, 5.41) is 4.02. The molecule has 0 bridgehead atoms. The van der Waals surface area contributed by atoms with E-state index in [1.165, 1.54) is 18.6 Å². The lowest BCUT2D eigenvalue weighted by Crippen LogP contribution is -2.27. The summed E-state index contributed by atoms with van der Waals surface area (Å²) in [7, 11) is -1.22. The minimum Gasteiger partial charge on any atom is -0.361 e. The fourth-order valence-electron chi connectivity index (χ4n) is 4.88. The van der Waals surface area contributed by atoms with Gasteiger partial charge in [-0.05, 0) is 61.9 Å². The molecule has 1 amide bonds. The van der Waals surface area contributed by atoms with Crippen LogP contribution in [0.15, 0.2) is 42.6 Å². The third-order valence-electron chi connectivity index (χ3n) is 7.19. The van der Waals surface area contributed by atoms with Gasteiger partial charge in [0.2, 0.25) is 5.91 Å². The highest BCUT2D eigenvalue weighted by Crippen LogP contribution is 2.34. The monoisotopic (exact) mass is 495 g/mol. The molecule has 1 saturated carbocycles. The van der Waals surface area contributed by atoms with Gasteiger partial charge < -0.3 is 14.6 Å². The number of aromatic nitrogens is 2. The van der Waals surface area contributed by atoms with Gasteiger partial charge >= 0.3 is 0 Å². The summed E-state index contributed by atoms with van der Waals surface area (Å²) in [6.07, 6.45) is 7.04. The van der Waals surface area contributed by atoms with Crippen molar-refractivity contribution in [1.82, 2.24) is 9.55 Å². The molecule has 2 heterocycles. The molecule has 1 N–H and O–H groups in total. The minimum atomic E-state index is -1.22. The Balaban J connectivity index is 1.62. The summed E-state index contributed by atoms with van der Waals surface area (Å²) in [6.45, 7) is 10.2. The predicted octanol–water partition coefficient (Wildman–Crippen LogP) is 7.31. The normalized spacial score (nSPS) is 18.7. The SMILES string of the molecule is CCC1CCC(C(=O)Nc2ccnc3c2cc(-c2cccc(F)c2)n3COCC[Si](C)(C)C)CC1. The maximum atomic E-state index is 14.1. The van der Waals surface area contributed by atoms with Crippen molar-refractivity contribution < 1.29 is 13.9 Å². The molecule has 188 valence electrons. The molecule has 1 aliphatic carbocycles. The van der Waals surface area contributed by atoms with E-state index < -0.39 is 8.07 Å². The Bertz CT molecular complexity index is 1160. The Hall–Kier alpha value is -2.51. The molecule has 0 radical (unpaired) electrons. The first kappa shape index (κ1) is 25.6. The van der Waals surface area contributed by atoms with Crippen LogP contribution in [-0.2, 0) is 16.3 Å². The van der Waals surface area contributed by atoms with E-state index in [-0.39, 0.29) is 17.6 Å². The number of pyridine rings is 1. The molecule has 1 aliphatic rings. The van der Waals surface area contributed by atoms with Crippen LogP contribution in [0.2, 0.25) is 25.7 Å². The van der Waals surface area contributed by atoms with Crippen LogP contribution in [0, 0.1) is 17.7 Å². The zero-order chi connectivity index (χ0) is 25.0. The number of nitrogens with one attached hydrogen (secondary N) is 1. The molecular weight excluding hydrogens is 457 g/mol. The molecular formula is C28H38FN3O2Si. The van der Waals surface area contributed by atoms with Crippen LogP contribution < -0.4 is 5.32 Å². The van der Waals surface area contributed by atoms with E-state index in [0.29, 0.717) is 13.3 Å². The number of ether oxygens (including phenoxy) is 1. The summed E-state index contributed by atoms with van der Waals surface area (Å²) in [5.74, 6) is 0.591. The standard InChI is InChI=1S/C28H38FN3O2Si/c1-5-20-9-11-21(12-10-20)28(33)31-25-13-14-30-27-24(25)18-26(22-7-6-8-23(29)17-22)32(27)19-34-15-16-35(2,3)4/h6-8,13-14,17-18,20-21H,5,9-12,15-16,19H2,1-4H3,(H,30,31,33). The highest BCUT2D eigenvalue weighted by atomic mass is 28.3. The Kier molecular flexibility index (Phi) is 8.07. The molecule has 4 rings (SSSR count). The molecule has 3 aromatic rings. The molecule has 7 heteroatoms. The van der Waals surface area contributed by atoms with Crippen molar-refractivity contribution in [3.05, 3.63) is 48.4 Å². The quantitative estimate of drug-likeness (QED) is 0.250. The van der Waals surface area contributed by atoms with E-state index in [4.69, 9.17) is 4.74 Å². The zero-order valence-corrected chi connectivity index (χ0v) is 22.4. The maximum absolute atomic E-state index is 14.1. The fraction of sp³-hybridized carbons (Fsp3) is 0.500. The maximum Gasteiger partial charge on any atom is 0.227 e. The van der Waals surface area contributed by atoms with Crippen molar-refractivity contribution in [2.45, 2.75) is 71.4 Å². The van der Waals surface area contributed by atoms with Crippen molar-refractivity contribution in [3.63, 3.8) is 0 Å². The molecule has 1 aromatic carbocycles. The van der Waals surface area contributed by atoms with Gasteiger partial charge in [-0.2, -0.15) is 0 Å². The van der Waals surface area contributed by atoms with E-state index in [2.05, 4.69) is 36.9 Å². The molecule has 0 aliphatic heterocycles. The largest absolute Gasteiger partial charge is 0.361 e. The summed E-state index contributed by atoms with van der Waals surface area (Å²) in [4.78, 5) is 17.7. The van der Waals surface area contributed by atoms with Crippen molar-refractivity contribution in [1.29, 1.82) is 0 Å². The summed E-state index contributed by atoms with van der Waals surface area (Å²) >= 11 is 0. The van der Waals surface area contributed by atoms with Crippen LogP contribution in [0.4, 0.5) is 10.1 Å². The van der Waals surface area contributed by atoms with E-state index in [1.54, 1.807) is 12.3 Å². The lowest BCUT2D eigenvalue weighted by atomic mass is 9.80. The number of halogens is 1. The van der Waals surface area contributed by atoms with Crippen LogP contribution in [0.1, 0.15) is 39.0 Å². The molecule has 0 spiro atoms. The van der Waals surface area contributed by atoms with Crippen molar-refractivity contribution in [2.24, 2.45) is 11.8 Å². The Morgan fingerprint density at radius 2 is 1.94 bits per heavy atom. The molecule has 0 saturated heterocycles. The molecule has 2 aromatic heterocycles. The van der Waals surface area contributed by atoms with E-state index >= 15 is 0 Å². The third kappa shape index (κ3) is 6.38. The first-order valence-electron chi connectivity index (χ1n) is 12.9. The first-order chi connectivity index (χ1) is 16.7. The highest BCUT2D eigenvalue weighted by Gasteiger charge is 2.26. The molecule has 0 unspecified atom stereocenters. The number of fused-ring (bicyclic) bond motifs is 1. The highest BCUT2D eigenvalue weighted by molar-refractivity contribution is 6.76. The van der Waals surface area contributed by atoms with Gasteiger partial charge in [0.25, 0.3) is 0 Å². The average molecular weight is 496 g/mol. The molecule has 5 nitrogen and oxygen atoms in total. The van der Waals surface area contributed by atoms with Crippen molar-refractivity contribution in [3.8, 4) is 11.3 Å². The lowest BCUT2D eigenvalue weighted by molar-refractivity contribution is -0.121. The number of amides is 1. The number of rotatable bonds is 9. The van der Waals surface area contributed by atoms with Gasteiger partial charge in [0.1, 0.15) is 18.2 Å². The summed E-state index contributed by atoms with van der Waals surface area (Å²) in [6, 6.07) is 11.5. The first-order valence-corrected chi connectivity index (χ1v) is 16.6. The Morgan fingerprint density at radius 1 is 1.17 bits per heavy atom. The van der Waals surface area contributed by atoms with E-state index in [1.807, 2.05) is 22.8 Å². The summed E-state index contributed by atoms with van der Waals surface area (Å²) < 4.78 is 22.1. The molecule has 0 atom stereocenters. The Labute approximate surface area is 209 Å². The van der Waals surface area contributed by atoms with Crippen LogP contribution >= 0.6 is 0 Å². The van der Waals surface area contributed by atoms with Gasteiger partial charge in [0.15, 0.2) is 0 Å². The predicted molar refractivity (Wildman–Crippen MR) is 144 cm³/mol. The fourth-order valence-corrected chi connectivity index (χ4v) is 5.63. The van der Waals surface area contributed by atoms with Gasteiger partial charge in [-0.15, -0.1) is 0 Å². The van der Waals surface area contributed by atoms with Crippen LogP contribution in [-0.4, -0.2) is 30.1 Å². The lowest BCUT2D eigenvalue weighted by Gasteiger charge is -2.27. The number of anilines is 1. The van der Waals surface area contributed by atoms with E-state index in [0.717, 1.165) is 65.6 Å². The number of carbonyl (C=O) groups excluding carboxylic acids is 1. The molecule has 1 fully saturated rings. The third-order valence-corrected chi connectivity index (χ3v) is 8.89. The summed E-state index contributed by atoms with van der Waals surface area (Å²) in [5.41, 5.74) is 3.05. The average Bonchev–Trinajstić information content (AvgIpc) is 3.21. The second-order valence-electron chi connectivity index (χ2n) is 11.0. The topological polar surface area (TPSA) is 56.2 Å². The second kappa shape index (κ2) is 11.0. The zero-order valence-electron chi connectivity index (χ0n) is 21.4. The molecule has 35 heavy (non-hydrogen) atoms. The second-order valence-corrected chi connectivity index (χ2v) is 16.6. The number of hydrogen-bond donors (Lipinski definition) is 1. The minimum absolute atomic E-state index is 0.0516.